The lowest BCUT2D eigenvalue weighted by Gasteiger charge is -2.14. The molecule has 0 saturated heterocycles. The summed E-state index contributed by atoms with van der Waals surface area (Å²) < 4.78 is 1.79. The van der Waals surface area contributed by atoms with Gasteiger partial charge in [-0.15, -0.1) is 0 Å². The van der Waals surface area contributed by atoms with E-state index >= 15 is 0 Å². The van der Waals surface area contributed by atoms with Gasteiger partial charge in [-0.2, -0.15) is 22.0 Å². The molecule has 2 aromatic heterocycles. The highest BCUT2D eigenvalue weighted by Gasteiger charge is 2.18. The van der Waals surface area contributed by atoms with Crippen LogP contribution in [0.2, 0.25) is 0 Å². The van der Waals surface area contributed by atoms with E-state index in [0.29, 0.717) is 11.4 Å². The maximum atomic E-state index is 12.3. The molecule has 2 aromatic rings. The van der Waals surface area contributed by atoms with Gasteiger partial charge in [0.05, 0.1) is 24.0 Å². The molecular weight excluding hydrogens is 314 g/mol. The van der Waals surface area contributed by atoms with Crippen molar-refractivity contribution in [2.24, 2.45) is 7.05 Å². The zero-order valence-corrected chi connectivity index (χ0v) is 14.7. The topological polar surface area (TPSA) is 95.8 Å². The van der Waals surface area contributed by atoms with Crippen LogP contribution in [0, 0.1) is 13.8 Å². The van der Waals surface area contributed by atoms with Crippen molar-refractivity contribution in [3.63, 3.8) is 0 Å². The molecule has 0 aliphatic rings. The van der Waals surface area contributed by atoms with Crippen LogP contribution in [-0.4, -0.2) is 55.6 Å². The van der Waals surface area contributed by atoms with Gasteiger partial charge in [-0.1, -0.05) is 0 Å². The third-order valence-electron chi connectivity index (χ3n) is 3.81. The van der Waals surface area contributed by atoms with Crippen molar-refractivity contribution in [1.82, 2.24) is 25.3 Å². The molecule has 8 heteroatoms. The van der Waals surface area contributed by atoms with Crippen LogP contribution in [0.5, 0.6) is 0 Å². The highest BCUT2D eigenvalue weighted by Crippen LogP contribution is 2.25. The van der Waals surface area contributed by atoms with Crippen LogP contribution >= 0.6 is 11.8 Å². The van der Waals surface area contributed by atoms with E-state index in [9.17, 15) is 9.90 Å². The largest absolute Gasteiger partial charge is 0.394 e. The molecule has 0 fully saturated rings. The highest BCUT2D eigenvalue weighted by atomic mass is 32.2. The molecule has 2 rings (SSSR count). The first-order valence-corrected chi connectivity index (χ1v) is 8.84. The average Bonchev–Trinajstić information content (AvgIpc) is 3.09. The predicted molar refractivity (Wildman–Crippen MR) is 91.6 cm³/mol. The highest BCUT2D eigenvalue weighted by molar-refractivity contribution is 7.98. The summed E-state index contributed by atoms with van der Waals surface area (Å²) in [5, 5.41) is 23.5. The fraction of sp³-hybridized carbons (Fsp3) is 0.533. The first-order valence-electron chi connectivity index (χ1n) is 7.44. The summed E-state index contributed by atoms with van der Waals surface area (Å²) in [7, 11) is 1.88. The number of hydrogen-bond donors (Lipinski definition) is 3. The monoisotopic (exact) mass is 337 g/mol. The fourth-order valence-electron chi connectivity index (χ4n) is 2.44. The number of amides is 1. The van der Waals surface area contributed by atoms with Gasteiger partial charge in [0.1, 0.15) is 5.69 Å². The maximum Gasteiger partial charge on any atom is 0.269 e. The predicted octanol–water partition coefficient (Wildman–Crippen LogP) is 1.27. The van der Waals surface area contributed by atoms with Gasteiger partial charge in [0.2, 0.25) is 0 Å². The van der Waals surface area contributed by atoms with Crippen molar-refractivity contribution in [2.75, 3.05) is 18.6 Å². The number of nitrogens with one attached hydrogen (secondary N) is 2. The van der Waals surface area contributed by atoms with Crippen molar-refractivity contribution < 1.29 is 9.90 Å². The maximum absolute atomic E-state index is 12.3. The van der Waals surface area contributed by atoms with Crippen molar-refractivity contribution in [3.05, 3.63) is 23.1 Å². The average molecular weight is 337 g/mol. The van der Waals surface area contributed by atoms with E-state index in [4.69, 9.17) is 0 Å². The Balaban J connectivity index is 2.13. The zero-order valence-electron chi connectivity index (χ0n) is 13.9. The van der Waals surface area contributed by atoms with Crippen LogP contribution in [0.1, 0.15) is 28.3 Å². The molecule has 0 aliphatic heterocycles. The molecule has 3 N–H and O–H groups in total. The Hall–Kier alpha value is -1.80. The third kappa shape index (κ3) is 3.94. The summed E-state index contributed by atoms with van der Waals surface area (Å²) in [6.45, 7) is 3.81. The molecule has 7 nitrogen and oxygen atoms in total. The number of aryl methyl sites for hydroxylation is 2. The number of carbonyl (C=O) groups excluding carboxylic acids is 1. The SMILES string of the molecule is CSCC[C@@H](CO)NC(=O)c1cc(-c2c(C)nn(C)c2C)n[nH]1. The molecule has 0 spiro atoms. The van der Waals surface area contributed by atoms with Crippen molar-refractivity contribution in [1.29, 1.82) is 0 Å². The van der Waals surface area contributed by atoms with E-state index in [1.165, 1.54) is 0 Å². The van der Waals surface area contributed by atoms with Crippen LogP contribution in [0.15, 0.2) is 6.07 Å². The van der Waals surface area contributed by atoms with Gasteiger partial charge >= 0.3 is 0 Å². The Labute approximate surface area is 139 Å². The minimum absolute atomic E-state index is 0.0753. The number of nitrogens with zero attached hydrogens (tertiary/aromatic N) is 3. The molecule has 0 radical (unpaired) electrons. The number of thioether (sulfide) groups is 1. The van der Waals surface area contributed by atoms with Crippen molar-refractivity contribution in [2.45, 2.75) is 26.3 Å². The smallest absolute Gasteiger partial charge is 0.269 e. The van der Waals surface area contributed by atoms with Gasteiger partial charge in [-0.3, -0.25) is 14.6 Å². The third-order valence-corrected chi connectivity index (χ3v) is 4.46. The Morgan fingerprint density at radius 3 is 2.83 bits per heavy atom. The standard InChI is InChI=1S/C15H23N5O2S/c1-9-14(10(2)20(3)19-9)12-7-13(18-17-12)15(22)16-11(8-21)5-6-23-4/h7,11,21H,5-6,8H2,1-4H3,(H,16,22)(H,17,18)/t11-/m0/s1. The van der Waals surface area contributed by atoms with Gasteiger partial charge in [0.15, 0.2) is 0 Å². The van der Waals surface area contributed by atoms with Crippen LogP contribution in [0.25, 0.3) is 11.3 Å². The molecule has 2 heterocycles. The van der Waals surface area contributed by atoms with E-state index in [0.717, 1.165) is 29.1 Å². The number of aliphatic hydroxyl groups excluding tert-OH is 1. The summed E-state index contributed by atoms with van der Waals surface area (Å²) in [4.78, 5) is 12.3. The van der Waals surface area contributed by atoms with Gasteiger partial charge < -0.3 is 10.4 Å². The Morgan fingerprint density at radius 2 is 2.26 bits per heavy atom. The Morgan fingerprint density at radius 1 is 1.52 bits per heavy atom. The molecule has 0 bridgehead atoms. The molecular formula is C15H23N5O2S. The lowest BCUT2D eigenvalue weighted by Crippen LogP contribution is -2.38. The number of aromatic amines is 1. The molecule has 1 atom stereocenters. The minimum atomic E-state index is -0.261. The Bertz CT molecular complexity index is 679. The molecule has 0 saturated carbocycles. The summed E-state index contributed by atoms with van der Waals surface area (Å²) in [5.74, 6) is 0.622. The number of rotatable bonds is 7. The van der Waals surface area contributed by atoms with E-state index in [-0.39, 0.29) is 18.6 Å². The molecule has 0 aliphatic carbocycles. The van der Waals surface area contributed by atoms with Crippen LogP contribution in [-0.2, 0) is 7.05 Å². The van der Waals surface area contributed by atoms with Crippen molar-refractivity contribution >= 4 is 17.7 Å². The van der Waals surface area contributed by atoms with Gasteiger partial charge in [-0.05, 0) is 38.3 Å². The summed E-state index contributed by atoms with van der Waals surface area (Å²) >= 11 is 1.68. The number of aromatic nitrogens is 4. The molecule has 0 unspecified atom stereocenters. The second-order valence-corrected chi connectivity index (χ2v) is 6.46. The molecule has 0 aromatic carbocycles. The summed E-state index contributed by atoms with van der Waals surface area (Å²) in [6, 6.07) is 1.47. The van der Waals surface area contributed by atoms with E-state index in [2.05, 4.69) is 20.6 Å². The van der Waals surface area contributed by atoms with Crippen LogP contribution in [0.3, 0.4) is 0 Å². The van der Waals surface area contributed by atoms with Gasteiger partial charge in [0.25, 0.3) is 5.91 Å². The van der Waals surface area contributed by atoms with Gasteiger partial charge in [-0.25, -0.2) is 0 Å². The van der Waals surface area contributed by atoms with E-state index in [1.807, 2.05) is 27.2 Å². The first kappa shape index (κ1) is 17.6. The number of hydrogen-bond acceptors (Lipinski definition) is 5. The lowest BCUT2D eigenvalue weighted by atomic mass is 10.1. The fourth-order valence-corrected chi connectivity index (χ4v) is 2.96. The van der Waals surface area contributed by atoms with Gasteiger partial charge in [0, 0.05) is 18.3 Å². The number of H-pyrrole nitrogens is 1. The molecule has 126 valence electrons. The first-order chi connectivity index (χ1) is 11.0. The molecule has 23 heavy (non-hydrogen) atoms. The molecule has 1 amide bonds. The second-order valence-electron chi connectivity index (χ2n) is 5.47. The Kier molecular flexibility index (Phi) is 5.84. The zero-order chi connectivity index (χ0) is 17.0. The quantitative estimate of drug-likeness (QED) is 0.707. The van der Waals surface area contributed by atoms with Crippen LogP contribution < -0.4 is 5.32 Å². The summed E-state index contributed by atoms with van der Waals surface area (Å²) in [5.41, 5.74) is 3.88. The second kappa shape index (κ2) is 7.65. The minimum Gasteiger partial charge on any atom is -0.394 e. The number of aliphatic hydroxyl groups is 1. The van der Waals surface area contributed by atoms with Crippen molar-refractivity contribution in [3.8, 4) is 11.3 Å². The van der Waals surface area contributed by atoms with E-state index < -0.39 is 0 Å². The lowest BCUT2D eigenvalue weighted by molar-refractivity contribution is 0.0910. The number of carbonyl (C=O) groups is 1. The van der Waals surface area contributed by atoms with E-state index in [1.54, 1.807) is 22.5 Å². The summed E-state index contributed by atoms with van der Waals surface area (Å²) in [6.07, 6.45) is 2.72. The van der Waals surface area contributed by atoms with Crippen LogP contribution in [0.4, 0.5) is 0 Å². The normalized spacial score (nSPS) is 12.4.